The Hall–Kier alpha value is -2.18. The van der Waals surface area contributed by atoms with E-state index in [9.17, 15) is 19.2 Å². The normalized spacial score (nSPS) is 10.7. The van der Waals surface area contributed by atoms with Crippen LogP contribution in [0.5, 0.6) is 0 Å². The molecule has 0 saturated carbocycles. The Bertz CT molecular complexity index is 381. The largest absolute Gasteiger partial charge is 0.502 e. The van der Waals surface area contributed by atoms with E-state index in [0.717, 1.165) is 0 Å². The number of carbonyl (C=O) groups is 4. The Kier molecular flexibility index (Phi) is 7.02. The molecule has 0 aliphatic carbocycles. The van der Waals surface area contributed by atoms with Crippen LogP contribution in [-0.4, -0.2) is 41.8 Å². The number of esters is 2. The van der Waals surface area contributed by atoms with Gasteiger partial charge in [-0.15, -0.1) is 0 Å². The highest BCUT2D eigenvalue weighted by Gasteiger charge is 2.19. The lowest BCUT2D eigenvalue weighted by molar-refractivity contribution is -0.154. The fourth-order valence-corrected chi connectivity index (χ4v) is 0.909. The summed E-state index contributed by atoms with van der Waals surface area (Å²) in [5, 5.41) is 9.11. The molecule has 0 aliphatic heterocycles. The third kappa shape index (κ3) is 5.78. The molecule has 7 heteroatoms. The topological polar surface area (TPSA) is 107 Å². The molecule has 0 fully saturated rings. The van der Waals surface area contributed by atoms with Crippen molar-refractivity contribution in [3.8, 4) is 0 Å². The van der Waals surface area contributed by atoms with Gasteiger partial charge < -0.3 is 14.6 Å². The van der Waals surface area contributed by atoms with Gasteiger partial charge >= 0.3 is 11.9 Å². The maximum Gasteiger partial charge on any atom is 0.375 e. The number of aliphatic hydroxyl groups is 1. The molecule has 0 rings (SSSR count). The summed E-state index contributed by atoms with van der Waals surface area (Å²) in [6.07, 6.45) is -0.239. The first-order valence-electron chi connectivity index (χ1n) is 5.22. The molecule has 0 heterocycles. The van der Waals surface area contributed by atoms with Crippen LogP contribution in [0.4, 0.5) is 0 Å². The Morgan fingerprint density at radius 3 is 2.00 bits per heavy atom. The van der Waals surface area contributed by atoms with E-state index >= 15 is 0 Å². The predicted molar refractivity (Wildman–Crippen MR) is 58.6 cm³/mol. The number of Topliss-reactive ketones (excluding diaryl/α,β-unsaturated/α-hetero) is 1. The van der Waals surface area contributed by atoms with Crippen LogP contribution in [0.15, 0.2) is 11.8 Å². The van der Waals surface area contributed by atoms with Crippen LogP contribution in [0.1, 0.15) is 20.3 Å². The number of allylic oxidation sites excluding steroid dienone is 1. The van der Waals surface area contributed by atoms with Crippen LogP contribution >= 0.6 is 0 Å². The molecule has 0 saturated heterocycles. The van der Waals surface area contributed by atoms with Gasteiger partial charge in [-0.2, -0.15) is 0 Å². The van der Waals surface area contributed by atoms with Gasteiger partial charge in [0.2, 0.25) is 11.5 Å². The van der Waals surface area contributed by atoms with Crippen LogP contribution in [0.25, 0.3) is 0 Å². The Labute approximate surface area is 103 Å². The minimum absolute atomic E-state index is 0.0165. The van der Waals surface area contributed by atoms with Crippen molar-refractivity contribution < 1.29 is 33.8 Å². The Morgan fingerprint density at radius 2 is 1.50 bits per heavy atom. The molecule has 0 aromatic carbocycles. The summed E-state index contributed by atoms with van der Waals surface area (Å²) in [6, 6.07) is 0. The second kappa shape index (κ2) is 7.99. The number of hydrogen-bond donors (Lipinski definition) is 1. The zero-order valence-corrected chi connectivity index (χ0v) is 10.1. The molecule has 0 amide bonds. The molecule has 100 valence electrons. The minimum atomic E-state index is -1.13. The van der Waals surface area contributed by atoms with Gasteiger partial charge in [-0.25, -0.2) is 9.59 Å². The van der Waals surface area contributed by atoms with Crippen molar-refractivity contribution in [1.29, 1.82) is 0 Å². The van der Waals surface area contributed by atoms with Gasteiger partial charge in [0.1, 0.15) is 0 Å². The maximum atomic E-state index is 11.2. The van der Waals surface area contributed by atoms with Gasteiger partial charge in [0, 0.05) is 6.08 Å². The van der Waals surface area contributed by atoms with Crippen LogP contribution in [0.2, 0.25) is 0 Å². The smallest absolute Gasteiger partial charge is 0.375 e. The van der Waals surface area contributed by atoms with Crippen molar-refractivity contribution in [2.24, 2.45) is 0 Å². The van der Waals surface area contributed by atoms with Crippen molar-refractivity contribution in [1.82, 2.24) is 0 Å². The molecular formula is C11H14O7. The van der Waals surface area contributed by atoms with Crippen molar-refractivity contribution in [3.05, 3.63) is 11.8 Å². The van der Waals surface area contributed by atoms with Gasteiger partial charge in [0.05, 0.1) is 19.6 Å². The third-order valence-corrected chi connectivity index (χ3v) is 1.62. The van der Waals surface area contributed by atoms with Crippen LogP contribution in [-0.2, 0) is 28.7 Å². The van der Waals surface area contributed by atoms with Gasteiger partial charge in [-0.1, -0.05) is 0 Å². The zero-order chi connectivity index (χ0) is 14.1. The molecule has 0 atom stereocenters. The molecule has 0 aliphatic rings. The van der Waals surface area contributed by atoms with E-state index in [2.05, 4.69) is 9.47 Å². The van der Waals surface area contributed by atoms with E-state index in [1.807, 2.05) is 0 Å². The van der Waals surface area contributed by atoms with Crippen molar-refractivity contribution in [2.75, 3.05) is 13.2 Å². The second-order valence-electron chi connectivity index (χ2n) is 3.04. The van der Waals surface area contributed by atoms with Gasteiger partial charge in [-0.3, -0.25) is 9.59 Å². The lowest BCUT2D eigenvalue weighted by atomic mass is 10.2. The standard InChI is InChI=1S/C11H14O7/c1-3-17-10(15)8(13)5-7(12)6-9(14)11(16)18-4-2/h5,13H,3-4,6H2,1-2H3/b8-5-. The quantitative estimate of drug-likeness (QED) is 0.226. The first-order chi connectivity index (χ1) is 8.42. The number of ketones is 2. The summed E-state index contributed by atoms with van der Waals surface area (Å²) >= 11 is 0. The van der Waals surface area contributed by atoms with Gasteiger partial charge in [0.25, 0.3) is 0 Å². The number of carbonyl (C=O) groups excluding carboxylic acids is 4. The fraction of sp³-hybridized carbons (Fsp3) is 0.455. The SMILES string of the molecule is CCOC(=O)C(=O)CC(=O)/C=C(\O)C(=O)OCC. The lowest BCUT2D eigenvalue weighted by Crippen LogP contribution is -2.20. The van der Waals surface area contributed by atoms with Gasteiger partial charge in [-0.05, 0) is 13.8 Å². The highest BCUT2D eigenvalue weighted by Crippen LogP contribution is 1.98. The summed E-state index contributed by atoms with van der Waals surface area (Å²) < 4.78 is 8.79. The number of hydrogen-bond acceptors (Lipinski definition) is 7. The third-order valence-electron chi connectivity index (χ3n) is 1.62. The lowest BCUT2D eigenvalue weighted by Gasteiger charge is -2.00. The summed E-state index contributed by atoms with van der Waals surface area (Å²) in [6.45, 7) is 3.09. The van der Waals surface area contributed by atoms with Crippen molar-refractivity contribution in [2.45, 2.75) is 20.3 Å². The maximum absolute atomic E-state index is 11.2. The zero-order valence-electron chi connectivity index (χ0n) is 10.1. The second-order valence-corrected chi connectivity index (χ2v) is 3.04. The van der Waals surface area contributed by atoms with E-state index in [1.165, 1.54) is 13.8 Å². The summed E-state index contributed by atoms with van der Waals surface area (Å²) in [7, 11) is 0. The summed E-state index contributed by atoms with van der Waals surface area (Å²) in [5.41, 5.74) is 0. The average Bonchev–Trinajstić information content (AvgIpc) is 2.29. The van der Waals surface area contributed by atoms with E-state index in [0.29, 0.717) is 6.08 Å². The molecule has 7 nitrogen and oxygen atoms in total. The first kappa shape index (κ1) is 15.8. The first-order valence-corrected chi connectivity index (χ1v) is 5.22. The Balaban J connectivity index is 4.42. The van der Waals surface area contributed by atoms with Crippen LogP contribution in [0.3, 0.4) is 0 Å². The van der Waals surface area contributed by atoms with E-state index in [4.69, 9.17) is 5.11 Å². The molecule has 1 N–H and O–H groups in total. The number of ether oxygens (including phenoxy) is 2. The van der Waals surface area contributed by atoms with Crippen molar-refractivity contribution in [3.63, 3.8) is 0 Å². The minimum Gasteiger partial charge on any atom is -0.502 e. The fourth-order valence-electron chi connectivity index (χ4n) is 0.909. The van der Waals surface area contributed by atoms with Crippen LogP contribution in [0, 0.1) is 0 Å². The molecule has 0 aromatic heterocycles. The molecular weight excluding hydrogens is 244 g/mol. The van der Waals surface area contributed by atoms with E-state index in [1.54, 1.807) is 0 Å². The highest BCUT2D eigenvalue weighted by atomic mass is 16.5. The van der Waals surface area contributed by atoms with Crippen LogP contribution < -0.4 is 0 Å². The number of rotatable bonds is 7. The molecule has 0 unspecified atom stereocenters. The summed E-state index contributed by atoms with van der Waals surface area (Å²) in [5.74, 6) is -5.06. The summed E-state index contributed by atoms with van der Waals surface area (Å²) in [4.78, 5) is 44.1. The predicted octanol–water partition coefficient (Wildman–Crippen LogP) is 0.0828. The molecule has 0 spiro atoms. The van der Waals surface area contributed by atoms with Crippen molar-refractivity contribution >= 4 is 23.5 Å². The van der Waals surface area contributed by atoms with E-state index < -0.39 is 35.7 Å². The molecule has 0 radical (unpaired) electrons. The van der Waals surface area contributed by atoms with Gasteiger partial charge in [0.15, 0.2) is 5.78 Å². The average molecular weight is 258 g/mol. The Morgan fingerprint density at radius 1 is 1.00 bits per heavy atom. The number of aliphatic hydroxyl groups excluding tert-OH is 1. The van der Waals surface area contributed by atoms with E-state index in [-0.39, 0.29) is 13.2 Å². The molecule has 18 heavy (non-hydrogen) atoms. The monoisotopic (exact) mass is 258 g/mol. The molecule has 0 bridgehead atoms. The highest BCUT2D eigenvalue weighted by molar-refractivity contribution is 6.37. The molecule has 0 aromatic rings.